The number of aryl methyl sites for hydroxylation is 1. The van der Waals surface area contributed by atoms with Gasteiger partial charge in [0.15, 0.2) is 0 Å². The number of nitrogens with zero attached hydrogens (tertiary/aromatic N) is 1. The lowest BCUT2D eigenvalue weighted by molar-refractivity contribution is 0.177. The molecule has 0 aliphatic rings. The minimum atomic E-state index is -0.484. The molecule has 0 aliphatic carbocycles. The Labute approximate surface area is 115 Å². The Morgan fingerprint density at radius 1 is 1.18 bits per heavy atom. The van der Waals surface area contributed by atoms with Crippen molar-refractivity contribution in [2.45, 2.75) is 19.4 Å². The van der Waals surface area contributed by atoms with Crippen LogP contribution in [0, 0.1) is 10.5 Å². The molecule has 0 saturated carbocycles. The molecular formula is C14H14INO. The summed E-state index contributed by atoms with van der Waals surface area (Å²) < 4.78 is 1.17. The second-order valence-electron chi connectivity index (χ2n) is 4.10. The van der Waals surface area contributed by atoms with Crippen LogP contribution in [0.2, 0.25) is 0 Å². The number of hydrogen-bond donors (Lipinski definition) is 1. The van der Waals surface area contributed by atoms with Gasteiger partial charge in [0, 0.05) is 21.9 Å². The maximum atomic E-state index is 10.1. The van der Waals surface area contributed by atoms with E-state index in [9.17, 15) is 5.11 Å². The molecule has 0 spiro atoms. The quantitative estimate of drug-likeness (QED) is 0.871. The molecule has 1 unspecified atom stereocenters. The van der Waals surface area contributed by atoms with E-state index in [1.165, 1.54) is 3.57 Å². The third-order valence-electron chi connectivity index (χ3n) is 2.63. The minimum absolute atomic E-state index is 0.484. The van der Waals surface area contributed by atoms with E-state index < -0.39 is 6.10 Å². The van der Waals surface area contributed by atoms with E-state index in [1.807, 2.05) is 49.5 Å². The smallest absolute Gasteiger partial charge is 0.0845 e. The summed E-state index contributed by atoms with van der Waals surface area (Å²) in [5.74, 6) is 0. The Morgan fingerprint density at radius 3 is 2.47 bits per heavy atom. The van der Waals surface area contributed by atoms with E-state index in [0.717, 1.165) is 16.8 Å². The molecule has 1 N–H and O–H groups in total. The van der Waals surface area contributed by atoms with Crippen molar-refractivity contribution < 1.29 is 5.11 Å². The maximum absolute atomic E-state index is 10.1. The van der Waals surface area contributed by atoms with Gasteiger partial charge in [0.2, 0.25) is 0 Å². The molecule has 88 valence electrons. The summed E-state index contributed by atoms with van der Waals surface area (Å²) in [7, 11) is 0. The lowest BCUT2D eigenvalue weighted by atomic mass is 10.0. The Morgan fingerprint density at radius 2 is 1.88 bits per heavy atom. The predicted molar refractivity (Wildman–Crippen MR) is 76.8 cm³/mol. The van der Waals surface area contributed by atoms with Gasteiger partial charge in [-0.15, -0.1) is 0 Å². The van der Waals surface area contributed by atoms with E-state index in [4.69, 9.17) is 0 Å². The van der Waals surface area contributed by atoms with Gasteiger partial charge in [-0.2, -0.15) is 0 Å². The largest absolute Gasteiger partial charge is 0.388 e. The van der Waals surface area contributed by atoms with Gasteiger partial charge in [-0.25, -0.2) is 0 Å². The van der Waals surface area contributed by atoms with Crippen LogP contribution in [0.1, 0.15) is 22.9 Å². The first-order valence-corrected chi connectivity index (χ1v) is 6.58. The van der Waals surface area contributed by atoms with Crippen molar-refractivity contribution in [2.24, 2.45) is 0 Å². The molecule has 1 heterocycles. The van der Waals surface area contributed by atoms with Crippen LogP contribution in [0.25, 0.3) is 0 Å². The van der Waals surface area contributed by atoms with Crippen LogP contribution in [-0.4, -0.2) is 10.1 Å². The number of aliphatic hydroxyl groups is 1. The van der Waals surface area contributed by atoms with Crippen LogP contribution >= 0.6 is 22.6 Å². The van der Waals surface area contributed by atoms with Crippen LogP contribution < -0.4 is 0 Å². The van der Waals surface area contributed by atoms with Crippen molar-refractivity contribution in [3.05, 3.63) is 63.0 Å². The molecular weight excluding hydrogens is 325 g/mol. The number of pyridine rings is 1. The highest BCUT2D eigenvalue weighted by Crippen LogP contribution is 2.18. The first kappa shape index (κ1) is 12.5. The van der Waals surface area contributed by atoms with Crippen LogP contribution in [0.5, 0.6) is 0 Å². The van der Waals surface area contributed by atoms with Gasteiger partial charge >= 0.3 is 0 Å². The first-order valence-electron chi connectivity index (χ1n) is 5.50. The summed E-state index contributed by atoms with van der Waals surface area (Å²) in [6, 6.07) is 11.9. The molecule has 2 rings (SSSR count). The number of hydrogen-bond acceptors (Lipinski definition) is 2. The van der Waals surface area contributed by atoms with E-state index in [1.54, 1.807) is 0 Å². The van der Waals surface area contributed by atoms with Crippen molar-refractivity contribution in [3.63, 3.8) is 0 Å². The van der Waals surface area contributed by atoms with Gasteiger partial charge in [-0.05, 0) is 58.8 Å². The van der Waals surface area contributed by atoms with E-state index in [-0.39, 0.29) is 0 Å². The Balaban J connectivity index is 2.08. The standard InChI is InChI=1S/C14H14INO/c1-10-2-7-13(16-9-10)8-14(17)11-3-5-12(15)6-4-11/h2-7,9,14,17H,8H2,1H3. The van der Waals surface area contributed by atoms with Crippen molar-refractivity contribution in [2.75, 3.05) is 0 Å². The molecule has 0 saturated heterocycles. The molecule has 0 bridgehead atoms. The SMILES string of the molecule is Cc1ccc(CC(O)c2ccc(I)cc2)nc1. The molecule has 3 heteroatoms. The fraction of sp³-hybridized carbons (Fsp3) is 0.214. The van der Waals surface area contributed by atoms with Crippen molar-refractivity contribution in [1.29, 1.82) is 0 Å². The van der Waals surface area contributed by atoms with Gasteiger partial charge in [-0.3, -0.25) is 4.98 Å². The van der Waals surface area contributed by atoms with E-state index >= 15 is 0 Å². The van der Waals surface area contributed by atoms with Crippen LogP contribution in [0.3, 0.4) is 0 Å². The third kappa shape index (κ3) is 3.51. The second kappa shape index (κ2) is 5.60. The zero-order chi connectivity index (χ0) is 12.3. The van der Waals surface area contributed by atoms with Gasteiger partial charge in [0.1, 0.15) is 0 Å². The highest BCUT2D eigenvalue weighted by atomic mass is 127. The van der Waals surface area contributed by atoms with E-state index in [0.29, 0.717) is 6.42 Å². The number of benzene rings is 1. The Kier molecular flexibility index (Phi) is 4.12. The third-order valence-corrected chi connectivity index (χ3v) is 3.35. The Hall–Kier alpha value is -0.940. The van der Waals surface area contributed by atoms with Crippen molar-refractivity contribution >= 4 is 22.6 Å². The zero-order valence-corrected chi connectivity index (χ0v) is 11.8. The Bertz CT molecular complexity index is 479. The van der Waals surface area contributed by atoms with Crippen LogP contribution in [0.15, 0.2) is 42.6 Å². The lowest BCUT2D eigenvalue weighted by Crippen LogP contribution is -2.03. The second-order valence-corrected chi connectivity index (χ2v) is 5.34. The summed E-state index contributed by atoms with van der Waals surface area (Å²) >= 11 is 2.25. The highest BCUT2D eigenvalue weighted by Gasteiger charge is 2.08. The van der Waals surface area contributed by atoms with Gasteiger partial charge in [-0.1, -0.05) is 18.2 Å². The molecule has 2 aromatic rings. The van der Waals surface area contributed by atoms with Crippen LogP contribution in [-0.2, 0) is 6.42 Å². The summed E-state index contributed by atoms with van der Waals surface area (Å²) in [5.41, 5.74) is 2.99. The number of rotatable bonds is 3. The van der Waals surface area contributed by atoms with Crippen LogP contribution in [0.4, 0.5) is 0 Å². The first-order chi connectivity index (χ1) is 8.15. The average molecular weight is 339 g/mol. The molecule has 1 aromatic heterocycles. The highest BCUT2D eigenvalue weighted by molar-refractivity contribution is 14.1. The minimum Gasteiger partial charge on any atom is -0.388 e. The summed E-state index contributed by atoms with van der Waals surface area (Å²) in [4.78, 5) is 4.30. The molecule has 1 atom stereocenters. The van der Waals surface area contributed by atoms with Crippen molar-refractivity contribution in [1.82, 2.24) is 4.98 Å². The molecule has 17 heavy (non-hydrogen) atoms. The molecule has 2 nitrogen and oxygen atoms in total. The molecule has 0 fully saturated rings. The molecule has 1 aromatic carbocycles. The fourth-order valence-corrected chi connectivity index (χ4v) is 1.98. The molecule has 0 amide bonds. The van der Waals surface area contributed by atoms with Gasteiger partial charge < -0.3 is 5.11 Å². The fourth-order valence-electron chi connectivity index (χ4n) is 1.62. The number of halogens is 1. The lowest BCUT2D eigenvalue weighted by Gasteiger charge is -2.10. The van der Waals surface area contributed by atoms with Crippen molar-refractivity contribution in [3.8, 4) is 0 Å². The summed E-state index contributed by atoms with van der Waals surface area (Å²) in [5, 5.41) is 10.1. The zero-order valence-electron chi connectivity index (χ0n) is 9.60. The average Bonchev–Trinajstić information content (AvgIpc) is 2.33. The van der Waals surface area contributed by atoms with Gasteiger partial charge in [0.25, 0.3) is 0 Å². The number of aromatic nitrogens is 1. The maximum Gasteiger partial charge on any atom is 0.0845 e. The monoisotopic (exact) mass is 339 g/mol. The van der Waals surface area contributed by atoms with Gasteiger partial charge in [0.05, 0.1) is 6.10 Å². The molecule has 0 radical (unpaired) electrons. The van der Waals surface area contributed by atoms with E-state index in [2.05, 4.69) is 27.6 Å². The molecule has 0 aliphatic heterocycles. The number of aliphatic hydroxyl groups excluding tert-OH is 1. The summed E-state index contributed by atoms with van der Waals surface area (Å²) in [6.07, 6.45) is 1.90. The normalized spacial score (nSPS) is 12.4. The predicted octanol–water partition coefficient (Wildman–Crippen LogP) is 3.27. The topological polar surface area (TPSA) is 33.1 Å². The summed E-state index contributed by atoms with van der Waals surface area (Å²) in [6.45, 7) is 2.01.